The van der Waals surface area contributed by atoms with Crippen molar-refractivity contribution in [2.75, 3.05) is 11.9 Å². The lowest BCUT2D eigenvalue weighted by molar-refractivity contribution is 0.0996. The van der Waals surface area contributed by atoms with Crippen LogP contribution in [-0.2, 0) is 4.74 Å². The standard InChI is InChI=1S/C9H13ClN2OS/c1-6(7-3-2-4-13-7)11-9-12-8(10)5-14-9/h5-7H,2-4H2,1H3,(H,11,12). The van der Waals surface area contributed by atoms with Crippen molar-refractivity contribution in [1.29, 1.82) is 0 Å². The topological polar surface area (TPSA) is 34.2 Å². The number of nitrogens with one attached hydrogen (secondary N) is 1. The van der Waals surface area contributed by atoms with E-state index >= 15 is 0 Å². The maximum Gasteiger partial charge on any atom is 0.184 e. The maximum atomic E-state index is 5.73. The third kappa shape index (κ3) is 2.38. The van der Waals surface area contributed by atoms with Gasteiger partial charge < -0.3 is 10.1 Å². The first-order valence-electron chi connectivity index (χ1n) is 4.75. The molecule has 0 saturated carbocycles. The number of aromatic nitrogens is 1. The number of hydrogen-bond acceptors (Lipinski definition) is 4. The van der Waals surface area contributed by atoms with E-state index in [1.165, 1.54) is 11.3 Å². The monoisotopic (exact) mass is 232 g/mol. The van der Waals surface area contributed by atoms with Crippen LogP contribution in [0.2, 0.25) is 5.15 Å². The maximum absolute atomic E-state index is 5.73. The molecule has 0 radical (unpaired) electrons. The van der Waals surface area contributed by atoms with Gasteiger partial charge in [0.2, 0.25) is 0 Å². The Labute approximate surface area is 92.4 Å². The number of hydrogen-bond donors (Lipinski definition) is 1. The van der Waals surface area contributed by atoms with E-state index in [-0.39, 0.29) is 0 Å². The number of nitrogens with zero attached hydrogens (tertiary/aromatic N) is 1. The van der Waals surface area contributed by atoms with Gasteiger partial charge in [0.05, 0.1) is 12.1 Å². The van der Waals surface area contributed by atoms with Crippen LogP contribution in [-0.4, -0.2) is 23.7 Å². The molecule has 5 heteroatoms. The van der Waals surface area contributed by atoms with Crippen LogP contribution in [0.1, 0.15) is 19.8 Å². The van der Waals surface area contributed by atoms with E-state index in [0.29, 0.717) is 17.3 Å². The zero-order valence-electron chi connectivity index (χ0n) is 8.00. The molecule has 0 amide bonds. The van der Waals surface area contributed by atoms with E-state index in [4.69, 9.17) is 16.3 Å². The molecule has 2 heterocycles. The Balaban J connectivity index is 1.90. The van der Waals surface area contributed by atoms with E-state index in [1.807, 2.05) is 5.38 Å². The van der Waals surface area contributed by atoms with Crippen molar-refractivity contribution in [2.24, 2.45) is 0 Å². The van der Waals surface area contributed by atoms with Crippen LogP contribution in [0, 0.1) is 0 Å². The lowest BCUT2D eigenvalue weighted by Gasteiger charge is -2.19. The highest BCUT2D eigenvalue weighted by Gasteiger charge is 2.22. The first-order valence-corrected chi connectivity index (χ1v) is 6.00. The summed E-state index contributed by atoms with van der Waals surface area (Å²) in [6.45, 7) is 3.00. The molecule has 1 aromatic heterocycles. The number of halogens is 1. The molecule has 1 saturated heterocycles. The van der Waals surface area contributed by atoms with Crippen LogP contribution in [0.5, 0.6) is 0 Å². The molecule has 78 valence electrons. The highest BCUT2D eigenvalue weighted by atomic mass is 35.5. The number of thiazole rings is 1. The zero-order chi connectivity index (χ0) is 9.97. The molecule has 2 atom stereocenters. The zero-order valence-corrected chi connectivity index (χ0v) is 9.57. The van der Waals surface area contributed by atoms with Gasteiger partial charge >= 0.3 is 0 Å². The fourth-order valence-electron chi connectivity index (χ4n) is 1.61. The smallest absolute Gasteiger partial charge is 0.184 e. The summed E-state index contributed by atoms with van der Waals surface area (Å²) in [5.74, 6) is 0. The minimum Gasteiger partial charge on any atom is -0.376 e. The Morgan fingerprint density at radius 2 is 2.64 bits per heavy atom. The van der Waals surface area contributed by atoms with Crippen molar-refractivity contribution >= 4 is 28.1 Å². The summed E-state index contributed by atoms with van der Waals surface area (Å²) in [5.41, 5.74) is 0. The van der Waals surface area contributed by atoms with Crippen molar-refractivity contribution in [3.05, 3.63) is 10.5 Å². The SMILES string of the molecule is CC(Nc1nc(Cl)cs1)C1CCCO1. The molecule has 1 N–H and O–H groups in total. The van der Waals surface area contributed by atoms with E-state index in [2.05, 4.69) is 17.2 Å². The Morgan fingerprint density at radius 1 is 1.79 bits per heavy atom. The number of anilines is 1. The van der Waals surface area contributed by atoms with Gasteiger partial charge in [-0.2, -0.15) is 0 Å². The Bertz CT molecular complexity index is 299. The molecule has 2 rings (SSSR count). The van der Waals surface area contributed by atoms with E-state index in [1.54, 1.807) is 0 Å². The molecule has 3 nitrogen and oxygen atoms in total. The van der Waals surface area contributed by atoms with Gasteiger partial charge in [-0.05, 0) is 19.8 Å². The van der Waals surface area contributed by atoms with Gasteiger partial charge in [-0.1, -0.05) is 11.6 Å². The molecule has 1 aliphatic heterocycles. The molecule has 0 aliphatic carbocycles. The highest BCUT2D eigenvalue weighted by Crippen LogP contribution is 2.23. The second-order valence-corrected chi connectivity index (χ2v) is 4.71. The van der Waals surface area contributed by atoms with Crippen LogP contribution in [0.15, 0.2) is 5.38 Å². The van der Waals surface area contributed by atoms with E-state index in [9.17, 15) is 0 Å². The molecular weight excluding hydrogens is 220 g/mol. The van der Waals surface area contributed by atoms with Crippen LogP contribution in [0.3, 0.4) is 0 Å². The van der Waals surface area contributed by atoms with Crippen LogP contribution >= 0.6 is 22.9 Å². The van der Waals surface area contributed by atoms with Gasteiger partial charge in [-0.3, -0.25) is 0 Å². The summed E-state index contributed by atoms with van der Waals surface area (Å²) < 4.78 is 5.58. The van der Waals surface area contributed by atoms with Crippen molar-refractivity contribution in [3.63, 3.8) is 0 Å². The average molecular weight is 233 g/mol. The van der Waals surface area contributed by atoms with E-state index in [0.717, 1.165) is 24.6 Å². The second-order valence-electron chi connectivity index (χ2n) is 3.46. The molecule has 1 aromatic rings. The van der Waals surface area contributed by atoms with Crippen LogP contribution in [0.4, 0.5) is 5.13 Å². The van der Waals surface area contributed by atoms with Gasteiger partial charge in [-0.25, -0.2) is 4.98 Å². The quantitative estimate of drug-likeness (QED) is 0.870. The molecule has 0 bridgehead atoms. The molecule has 14 heavy (non-hydrogen) atoms. The first-order chi connectivity index (χ1) is 6.75. The molecule has 0 spiro atoms. The predicted octanol–water partition coefficient (Wildman–Crippen LogP) is 2.78. The molecule has 1 fully saturated rings. The largest absolute Gasteiger partial charge is 0.376 e. The molecular formula is C9H13ClN2OS. The Morgan fingerprint density at radius 3 is 3.21 bits per heavy atom. The third-order valence-electron chi connectivity index (χ3n) is 2.35. The Hall–Kier alpha value is -0.320. The van der Waals surface area contributed by atoms with Gasteiger partial charge in [0, 0.05) is 12.0 Å². The minimum absolute atomic E-state index is 0.305. The van der Waals surface area contributed by atoms with Crippen LogP contribution < -0.4 is 5.32 Å². The third-order valence-corrected chi connectivity index (χ3v) is 3.45. The van der Waals surface area contributed by atoms with Gasteiger partial charge in [0.25, 0.3) is 0 Å². The second kappa shape index (κ2) is 4.47. The minimum atomic E-state index is 0.305. The van der Waals surface area contributed by atoms with Crippen LogP contribution in [0.25, 0.3) is 0 Å². The summed E-state index contributed by atoms with van der Waals surface area (Å²) >= 11 is 7.26. The van der Waals surface area contributed by atoms with Gasteiger partial charge in [0.15, 0.2) is 5.13 Å². The normalized spacial score (nSPS) is 23.7. The van der Waals surface area contributed by atoms with E-state index < -0.39 is 0 Å². The number of rotatable bonds is 3. The lowest BCUT2D eigenvalue weighted by Crippen LogP contribution is -2.29. The highest BCUT2D eigenvalue weighted by molar-refractivity contribution is 7.14. The van der Waals surface area contributed by atoms with Crippen molar-refractivity contribution in [2.45, 2.75) is 31.9 Å². The molecule has 0 aromatic carbocycles. The summed E-state index contributed by atoms with van der Waals surface area (Å²) in [5, 5.41) is 6.55. The van der Waals surface area contributed by atoms with Crippen molar-refractivity contribution in [3.8, 4) is 0 Å². The summed E-state index contributed by atoms with van der Waals surface area (Å²) in [7, 11) is 0. The summed E-state index contributed by atoms with van der Waals surface area (Å²) in [6, 6.07) is 0.305. The summed E-state index contributed by atoms with van der Waals surface area (Å²) in [6.07, 6.45) is 2.61. The lowest BCUT2D eigenvalue weighted by atomic mass is 10.1. The van der Waals surface area contributed by atoms with Crippen molar-refractivity contribution in [1.82, 2.24) is 4.98 Å². The fourth-order valence-corrected chi connectivity index (χ4v) is 2.54. The summed E-state index contributed by atoms with van der Waals surface area (Å²) in [4.78, 5) is 4.14. The fraction of sp³-hybridized carbons (Fsp3) is 0.667. The van der Waals surface area contributed by atoms with Crippen molar-refractivity contribution < 1.29 is 4.74 Å². The number of ether oxygens (including phenoxy) is 1. The average Bonchev–Trinajstić information content (AvgIpc) is 2.75. The molecule has 1 aliphatic rings. The predicted molar refractivity (Wildman–Crippen MR) is 59.2 cm³/mol. The van der Waals surface area contributed by atoms with Gasteiger partial charge in [-0.15, -0.1) is 11.3 Å². The first kappa shape index (κ1) is 10.2. The molecule has 2 unspecified atom stereocenters. The Kier molecular flexibility index (Phi) is 3.26. The van der Waals surface area contributed by atoms with Gasteiger partial charge in [0.1, 0.15) is 5.15 Å².